The number of anilines is 2. The quantitative estimate of drug-likeness (QED) is 0.847. The molecule has 0 aliphatic carbocycles. The molecule has 0 unspecified atom stereocenters. The molecule has 0 fully saturated rings. The van der Waals surface area contributed by atoms with Gasteiger partial charge >= 0.3 is 0 Å². The Labute approximate surface area is 96.7 Å². The lowest BCUT2D eigenvalue weighted by Crippen LogP contribution is -2.22. The van der Waals surface area contributed by atoms with Crippen molar-refractivity contribution >= 4 is 17.3 Å². The molecule has 16 heavy (non-hydrogen) atoms. The van der Waals surface area contributed by atoms with E-state index in [1.54, 1.807) is 0 Å². The third-order valence-electron chi connectivity index (χ3n) is 2.51. The summed E-state index contributed by atoms with van der Waals surface area (Å²) in [4.78, 5) is 17.5. The van der Waals surface area contributed by atoms with Crippen molar-refractivity contribution in [3.05, 3.63) is 18.0 Å². The van der Waals surface area contributed by atoms with Crippen LogP contribution in [-0.2, 0) is 4.79 Å². The summed E-state index contributed by atoms with van der Waals surface area (Å²) in [7, 11) is 0. The van der Waals surface area contributed by atoms with Crippen LogP contribution < -0.4 is 10.2 Å². The highest BCUT2D eigenvalue weighted by Crippen LogP contribution is 2.20. The maximum atomic E-state index is 11.0. The molecule has 1 rings (SSSR count). The summed E-state index contributed by atoms with van der Waals surface area (Å²) < 4.78 is 0. The molecular weight excluding hydrogens is 202 g/mol. The zero-order valence-electron chi connectivity index (χ0n) is 10.4. The zero-order chi connectivity index (χ0) is 12.1. The van der Waals surface area contributed by atoms with Gasteiger partial charge in [0.2, 0.25) is 5.91 Å². The lowest BCUT2D eigenvalue weighted by atomic mass is 10.2. The summed E-state index contributed by atoms with van der Waals surface area (Å²) in [6, 6.07) is 1.97. The fourth-order valence-electron chi connectivity index (χ4n) is 1.60. The van der Waals surface area contributed by atoms with Gasteiger partial charge in [0.25, 0.3) is 0 Å². The van der Waals surface area contributed by atoms with Gasteiger partial charge in [-0.15, -0.1) is 0 Å². The van der Waals surface area contributed by atoms with Crippen LogP contribution in [-0.4, -0.2) is 24.0 Å². The lowest BCUT2D eigenvalue weighted by molar-refractivity contribution is -0.114. The average Bonchev–Trinajstić information content (AvgIpc) is 2.23. The van der Waals surface area contributed by atoms with Crippen LogP contribution >= 0.6 is 0 Å². The van der Waals surface area contributed by atoms with Gasteiger partial charge in [-0.2, -0.15) is 0 Å². The van der Waals surface area contributed by atoms with E-state index < -0.39 is 0 Å². The molecule has 4 nitrogen and oxygen atoms in total. The van der Waals surface area contributed by atoms with Crippen LogP contribution in [0.15, 0.2) is 12.3 Å². The lowest BCUT2D eigenvalue weighted by Gasteiger charge is -2.21. The minimum atomic E-state index is -0.0680. The molecular formula is C12H19N3O. The standard InChI is InChI=1S/C12H19N3O/c1-5-15(6-2)11-7-12(14-10(4)16)9(3)13-8-11/h7-8H,5-6H2,1-4H3,(H,14,16). The van der Waals surface area contributed by atoms with E-state index in [0.29, 0.717) is 0 Å². The van der Waals surface area contributed by atoms with Crippen LogP contribution in [0.2, 0.25) is 0 Å². The van der Waals surface area contributed by atoms with E-state index >= 15 is 0 Å². The molecule has 1 heterocycles. The van der Waals surface area contributed by atoms with E-state index in [0.717, 1.165) is 30.2 Å². The third-order valence-corrected chi connectivity index (χ3v) is 2.51. The topological polar surface area (TPSA) is 45.2 Å². The molecule has 0 saturated heterocycles. The molecule has 0 atom stereocenters. The first-order valence-corrected chi connectivity index (χ1v) is 5.57. The average molecular weight is 221 g/mol. The Kier molecular flexibility index (Phi) is 4.28. The number of aromatic nitrogens is 1. The minimum absolute atomic E-state index is 0.0680. The van der Waals surface area contributed by atoms with Gasteiger partial charge in [0, 0.05) is 20.0 Å². The summed E-state index contributed by atoms with van der Waals surface area (Å²) in [5.74, 6) is -0.0680. The molecule has 0 aliphatic rings. The molecule has 0 bridgehead atoms. The van der Waals surface area contributed by atoms with Gasteiger partial charge in [-0.25, -0.2) is 0 Å². The molecule has 0 saturated carbocycles. The molecule has 1 N–H and O–H groups in total. The molecule has 0 spiro atoms. The minimum Gasteiger partial charge on any atom is -0.371 e. The SMILES string of the molecule is CCN(CC)c1cnc(C)c(NC(C)=O)c1. The first kappa shape index (κ1) is 12.5. The molecule has 4 heteroatoms. The van der Waals surface area contributed by atoms with Gasteiger partial charge < -0.3 is 10.2 Å². The Morgan fingerprint density at radius 2 is 2.06 bits per heavy atom. The Hall–Kier alpha value is -1.58. The van der Waals surface area contributed by atoms with Crippen LogP contribution in [0.4, 0.5) is 11.4 Å². The van der Waals surface area contributed by atoms with E-state index in [2.05, 4.69) is 29.0 Å². The van der Waals surface area contributed by atoms with Gasteiger partial charge in [-0.3, -0.25) is 9.78 Å². The summed E-state index contributed by atoms with van der Waals surface area (Å²) in [6.07, 6.45) is 1.84. The maximum absolute atomic E-state index is 11.0. The van der Waals surface area contributed by atoms with Gasteiger partial charge in [-0.05, 0) is 26.8 Å². The molecule has 0 aromatic carbocycles. The molecule has 0 aliphatic heterocycles. The van der Waals surface area contributed by atoms with E-state index in [4.69, 9.17) is 0 Å². The third kappa shape index (κ3) is 2.95. The number of hydrogen-bond acceptors (Lipinski definition) is 3. The highest BCUT2D eigenvalue weighted by atomic mass is 16.1. The summed E-state index contributed by atoms with van der Waals surface area (Å²) in [6.45, 7) is 9.45. The number of nitrogens with one attached hydrogen (secondary N) is 1. The number of rotatable bonds is 4. The molecule has 0 radical (unpaired) electrons. The predicted octanol–water partition coefficient (Wildman–Crippen LogP) is 2.19. The maximum Gasteiger partial charge on any atom is 0.221 e. The largest absolute Gasteiger partial charge is 0.371 e. The summed E-state index contributed by atoms with van der Waals surface area (Å²) >= 11 is 0. The Morgan fingerprint density at radius 3 is 2.56 bits per heavy atom. The van der Waals surface area contributed by atoms with Crippen LogP contribution in [0.1, 0.15) is 26.5 Å². The number of amides is 1. The van der Waals surface area contributed by atoms with Gasteiger partial charge in [-0.1, -0.05) is 0 Å². The number of aryl methyl sites for hydroxylation is 1. The van der Waals surface area contributed by atoms with E-state index in [1.807, 2.05) is 19.2 Å². The van der Waals surface area contributed by atoms with E-state index in [-0.39, 0.29) is 5.91 Å². The monoisotopic (exact) mass is 221 g/mol. The van der Waals surface area contributed by atoms with Crippen molar-refractivity contribution in [2.75, 3.05) is 23.3 Å². The van der Waals surface area contributed by atoms with Crippen molar-refractivity contribution in [2.45, 2.75) is 27.7 Å². The Bertz CT molecular complexity index is 373. The summed E-state index contributed by atoms with van der Waals surface area (Å²) in [5.41, 5.74) is 2.67. The molecule has 88 valence electrons. The fourth-order valence-corrected chi connectivity index (χ4v) is 1.60. The smallest absolute Gasteiger partial charge is 0.221 e. The van der Waals surface area contributed by atoms with Crippen molar-refractivity contribution in [1.82, 2.24) is 4.98 Å². The van der Waals surface area contributed by atoms with Crippen molar-refractivity contribution in [2.24, 2.45) is 0 Å². The van der Waals surface area contributed by atoms with Crippen LogP contribution in [0.25, 0.3) is 0 Å². The van der Waals surface area contributed by atoms with Gasteiger partial charge in [0.1, 0.15) is 0 Å². The van der Waals surface area contributed by atoms with Crippen molar-refractivity contribution in [1.29, 1.82) is 0 Å². The molecule has 1 amide bonds. The van der Waals surface area contributed by atoms with E-state index in [9.17, 15) is 4.79 Å². The second-order valence-electron chi connectivity index (χ2n) is 3.68. The van der Waals surface area contributed by atoms with Crippen molar-refractivity contribution in [3.8, 4) is 0 Å². The highest BCUT2D eigenvalue weighted by molar-refractivity contribution is 5.89. The van der Waals surface area contributed by atoms with Crippen LogP contribution in [0.5, 0.6) is 0 Å². The molecule has 1 aromatic heterocycles. The first-order valence-electron chi connectivity index (χ1n) is 5.57. The highest BCUT2D eigenvalue weighted by Gasteiger charge is 2.07. The second-order valence-corrected chi connectivity index (χ2v) is 3.68. The zero-order valence-corrected chi connectivity index (χ0v) is 10.4. The van der Waals surface area contributed by atoms with Crippen molar-refractivity contribution < 1.29 is 4.79 Å². The normalized spacial score (nSPS) is 10.0. The Morgan fingerprint density at radius 1 is 1.44 bits per heavy atom. The first-order chi connectivity index (χ1) is 7.58. The molecule has 1 aromatic rings. The fraction of sp³-hybridized carbons (Fsp3) is 0.500. The van der Waals surface area contributed by atoms with E-state index in [1.165, 1.54) is 6.92 Å². The number of carbonyl (C=O) groups excluding carboxylic acids is 1. The van der Waals surface area contributed by atoms with Gasteiger partial charge in [0.05, 0.1) is 23.3 Å². The number of pyridine rings is 1. The van der Waals surface area contributed by atoms with Gasteiger partial charge in [0.15, 0.2) is 0 Å². The van der Waals surface area contributed by atoms with Crippen molar-refractivity contribution in [3.63, 3.8) is 0 Å². The number of carbonyl (C=O) groups is 1. The van der Waals surface area contributed by atoms with Crippen LogP contribution in [0, 0.1) is 6.92 Å². The second kappa shape index (κ2) is 5.49. The Balaban J connectivity index is 3.01. The number of hydrogen-bond donors (Lipinski definition) is 1. The summed E-state index contributed by atoms with van der Waals surface area (Å²) in [5, 5.41) is 2.79. The number of nitrogens with zero attached hydrogens (tertiary/aromatic N) is 2. The predicted molar refractivity (Wildman–Crippen MR) is 66.8 cm³/mol. The van der Waals surface area contributed by atoms with Crippen LogP contribution in [0.3, 0.4) is 0 Å².